The van der Waals surface area contributed by atoms with E-state index >= 15 is 0 Å². The third-order valence-corrected chi connectivity index (χ3v) is 4.64. The Kier molecular flexibility index (Phi) is 6.33. The van der Waals surface area contributed by atoms with Crippen LogP contribution >= 0.6 is 0 Å². The minimum atomic E-state index is 0.0422. The van der Waals surface area contributed by atoms with E-state index in [1.807, 2.05) is 60.2 Å². The van der Waals surface area contributed by atoms with Crippen molar-refractivity contribution in [1.29, 1.82) is 5.26 Å². The maximum absolute atomic E-state index is 8.66. The van der Waals surface area contributed by atoms with Crippen molar-refractivity contribution in [2.24, 2.45) is 0 Å². The molecule has 1 aromatic carbocycles. The first kappa shape index (κ1) is 19.5. The van der Waals surface area contributed by atoms with E-state index in [0.29, 0.717) is 18.1 Å². The van der Waals surface area contributed by atoms with Gasteiger partial charge in [-0.05, 0) is 62.2 Å². The molecular weight excluding hydrogens is 350 g/mol. The Morgan fingerprint density at radius 2 is 2.07 bits per heavy atom. The van der Waals surface area contributed by atoms with Gasteiger partial charge in [-0.2, -0.15) is 10.4 Å². The summed E-state index contributed by atoms with van der Waals surface area (Å²) in [5.74, 6) is 2.07. The van der Waals surface area contributed by atoms with Crippen molar-refractivity contribution in [2.45, 2.75) is 32.1 Å². The normalized spacial score (nSPS) is 14.5. The van der Waals surface area contributed by atoms with Crippen LogP contribution in [0.25, 0.3) is 17.0 Å². The summed E-state index contributed by atoms with van der Waals surface area (Å²) in [5, 5.41) is 13.6. The summed E-state index contributed by atoms with van der Waals surface area (Å²) >= 11 is 0. The quantitative estimate of drug-likeness (QED) is 0.339. The van der Waals surface area contributed by atoms with Crippen LogP contribution in [0.1, 0.15) is 37.8 Å². The molecule has 0 bridgehead atoms. The molecule has 1 heterocycles. The van der Waals surface area contributed by atoms with E-state index in [4.69, 9.17) is 19.8 Å². The molecule has 28 heavy (non-hydrogen) atoms. The summed E-state index contributed by atoms with van der Waals surface area (Å²) in [4.78, 5) is 0. The summed E-state index contributed by atoms with van der Waals surface area (Å²) in [6.45, 7) is 5.85. The average molecular weight is 375 g/mol. The van der Waals surface area contributed by atoms with E-state index in [-0.39, 0.29) is 6.61 Å². The van der Waals surface area contributed by atoms with Crippen LogP contribution < -0.4 is 4.74 Å². The first-order chi connectivity index (χ1) is 13.7. The van der Waals surface area contributed by atoms with Gasteiger partial charge in [0, 0.05) is 23.6 Å². The monoisotopic (exact) mass is 375 g/mol. The third-order valence-electron chi connectivity index (χ3n) is 4.64. The lowest BCUT2D eigenvalue weighted by Gasteiger charge is -2.11. The highest BCUT2D eigenvalue weighted by molar-refractivity contribution is 5.67. The van der Waals surface area contributed by atoms with Crippen molar-refractivity contribution >= 4 is 5.70 Å². The highest BCUT2D eigenvalue weighted by Crippen LogP contribution is 2.41. The van der Waals surface area contributed by atoms with Crippen molar-refractivity contribution in [3.63, 3.8) is 0 Å². The smallest absolute Gasteiger partial charge is 0.174 e. The lowest BCUT2D eigenvalue weighted by Crippen LogP contribution is -2.02. The number of hydrogen-bond donors (Lipinski definition) is 0. The zero-order chi connectivity index (χ0) is 19.9. The van der Waals surface area contributed by atoms with Crippen LogP contribution in [0.3, 0.4) is 0 Å². The number of hydrogen-bond acceptors (Lipinski definition) is 4. The van der Waals surface area contributed by atoms with Gasteiger partial charge < -0.3 is 9.47 Å². The first-order valence-corrected chi connectivity index (χ1v) is 9.39. The van der Waals surface area contributed by atoms with Crippen molar-refractivity contribution in [3.8, 4) is 23.1 Å². The Morgan fingerprint density at radius 1 is 1.32 bits per heavy atom. The lowest BCUT2D eigenvalue weighted by atomic mass is 10.1. The largest absolute Gasteiger partial charge is 0.501 e. The number of nitriles is 1. The van der Waals surface area contributed by atoms with Crippen LogP contribution in [0.2, 0.25) is 0 Å². The Balaban J connectivity index is 2.00. The highest BCUT2D eigenvalue weighted by Gasteiger charge is 2.28. The van der Waals surface area contributed by atoms with Crippen LogP contribution in [0.5, 0.6) is 5.75 Å². The van der Waals surface area contributed by atoms with Crippen molar-refractivity contribution in [2.75, 3.05) is 13.7 Å². The molecule has 1 saturated carbocycles. The number of benzene rings is 1. The topological polar surface area (TPSA) is 60.1 Å². The van der Waals surface area contributed by atoms with Gasteiger partial charge in [-0.15, -0.1) is 6.58 Å². The van der Waals surface area contributed by atoms with Crippen LogP contribution in [0.4, 0.5) is 0 Å². The molecule has 5 heteroatoms. The predicted molar refractivity (Wildman–Crippen MR) is 111 cm³/mol. The van der Waals surface area contributed by atoms with Crippen LogP contribution in [-0.4, -0.2) is 23.5 Å². The number of allylic oxidation sites excluding steroid dienone is 5. The Morgan fingerprint density at radius 3 is 2.68 bits per heavy atom. The van der Waals surface area contributed by atoms with Gasteiger partial charge in [0.25, 0.3) is 0 Å². The third kappa shape index (κ3) is 4.72. The molecule has 0 spiro atoms. The van der Waals surface area contributed by atoms with Crippen LogP contribution in [0, 0.1) is 11.3 Å². The molecule has 0 radical (unpaired) electrons. The van der Waals surface area contributed by atoms with E-state index in [2.05, 4.69) is 12.6 Å². The molecule has 5 nitrogen and oxygen atoms in total. The van der Waals surface area contributed by atoms with E-state index in [1.165, 1.54) is 12.8 Å². The molecule has 0 N–H and O–H groups in total. The molecule has 144 valence electrons. The zero-order valence-corrected chi connectivity index (χ0v) is 16.4. The molecule has 3 rings (SSSR count). The van der Waals surface area contributed by atoms with E-state index in [0.717, 1.165) is 28.4 Å². The van der Waals surface area contributed by atoms with Gasteiger partial charge in [-0.1, -0.05) is 6.08 Å². The number of methoxy groups -OCH3 is 1. The molecule has 0 amide bonds. The zero-order valence-electron chi connectivity index (χ0n) is 16.4. The van der Waals surface area contributed by atoms with Crippen LogP contribution in [0.15, 0.2) is 60.9 Å². The molecule has 0 atom stereocenters. The number of nitrogens with zero attached hydrogens (tertiary/aromatic N) is 3. The van der Waals surface area contributed by atoms with Crippen molar-refractivity contribution in [1.82, 2.24) is 9.78 Å². The molecule has 1 aromatic heterocycles. The van der Waals surface area contributed by atoms with Crippen LogP contribution in [-0.2, 0) is 4.74 Å². The van der Waals surface area contributed by atoms with E-state index in [1.54, 1.807) is 7.11 Å². The number of rotatable bonds is 9. The summed E-state index contributed by atoms with van der Waals surface area (Å²) in [6.07, 6.45) is 8.93. The van der Waals surface area contributed by atoms with Gasteiger partial charge in [0.05, 0.1) is 24.3 Å². The fourth-order valence-corrected chi connectivity index (χ4v) is 2.89. The second-order valence-electron chi connectivity index (χ2n) is 6.74. The lowest BCUT2D eigenvalue weighted by molar-refractivity contribution is 0.294. The van der Waals surface area contributed by atoms with Gasteiger partial charge in [-0.25, -0.2) is 4.68 Å². The molecule has 2 aromatic rings. The summed E-state index contributed by atoms with van der Waals surface area (Å²) in [5.41, 5.74) is 4.23. The fourth-order valence-electron chi connectivity index (χ4n) is 2.89. The molecule has 1 aliphatic rings. The minimum Gasteiger partial charge on any atom is -0.501 e. The maximum atomic E-state index is 8.66. The summed E-state index contributed by atoms with van der Waals surface area (Å²) in [7, 11) is 1.66. The minimum absolute atomic E-state index is 0.0422. The van der Waals surface area contributed by atoms with Gasteiger partial charge >= 0.3 is 0 Å². The van der Waals surface area contributed by atoms with E-state index in [9.17, 15) is 0 Å². The molecule has 0 saturated heterocycles. The Bertz CT molecular complexity index is 926. The van der Waals surface area contributed by atoms with Gasteiger partial charge in [-0.3, -0.25) is 0 Å². The van der Waals surface area contributed by atoms with E-state index < -0.39 is 0 Å². The SMILES string of the molecule is C=CC/C(=C\C=C(/C)OC)n1nc(C2CC2)cc1-c1ccc(OCC#N)cc1. The fraction of sp³-hybridized carbons (Fsp3) is 0.304. The first-order valence-electron chi connectivity index (χ1n) is 9.39. The number of aromatic nitrogens is 2. The molecule has 0 aliphatic heterocycles. The number of ether oxygens (including phenoxy) is 2. The average Bonchev–Trinajstić information content (AvgIpc) is 3.48. The van der Waals surface area contributed by atoms with Gasteiger partial charge in [0.1, 0.15) is 11.8 Å². The molecule has 0 unspecified atom stereocenters. The molecule has 1 fully saturated rings. The van der Waals surface area contributed by atoms with Gasteiger partial charge in [0.15, 0.2) is 6.61 Å². The predicted octanol–water partition coefficient (Wildman–Crippen LogP) is 5.30. The molecular formula is C23H25N3O2. The summed E-state index contributed by atoms with van der Waals surface area (Å²) in [6, 6.07) is 11.9. The van der Waals surface area contributed by atoms with Crippen molar-refractivity contribution < 1.29 is 9.47 Å². The standard InChI is InChI=1S/C23H25N3O2/c1-4-5-20(11-6-17(2)27-3)26-23(16-22(25-26)18-7-8-18)19-9-12-21(13-10-19)28-15-14-24/h4,6,9-13,16,18H,1,5,7-8,15H2,2-3H3/b17-6+,20-11+. The summed E-state index contributed by atoms with van der Waals surface area (Å²) < 4.78 is 12.6. The Labute approximate surface area is 166 Å². The Hall–Kier alpha value is -3.26. The maximum Gasteiger partial charge on any atom is 0.174 e. The molecule has 1 aliphatic carbocycles. The second kappa shape index (κ2) is 9.09. The second-order valence-corrected chi connectivity index (χ2v) is 6.74. The highest BCUT2D eigenvalue weighted by atomic mass is 16.5. The van der Waals surface area contributed by atoms with Crippen molar-refractivity contribution in [3.05, 3.63) is 66.6 Å². The van der Waals surface area contributed by atoms with Gasteiger partial charge in [0.2, 0.25) is 0 Å².